The summed E-state index contributed by atoms with van der Waals surface area (Å²) in [6.07, 6.45) is 1.41. The number of nitrogens with zero attached hydrogens (tertiary/aromatic N) is 3. The first kappa shape index (κ1) is 24.0. The molecule has 0 bridgehead atoms. The van der Waals surface area contributed by atoms with E-state index in [-0.39, 0.29) is 35.9 Å². The summed E-state index contributed by atoms with van der Waals surface area (Å²) in [6, 6.07) is 7.02. The van der Waals surface area contributed by atoms with Crippen LogP contribution < -0.4 is 21.1 Å². The normalized spacial score (nSPS) is 23.1. The molecule has 2 aliphatic heterocycles. The van der Waals surface area contributed by atoms with Gasteiger partial charge in [0.15, 0.2) is 14.6 Å². The van der Waals surface area contributed by atoms with Crippen LogP contribution in [0.15, 0.2) is 41.5 Å². The number of ether oxygens (including phenoxy) is 1. The Morgan fingerprint density at radius 1 is 1.29 bits per heavy atom. The Bertz CT molecular complexity index is 1240. The Labute approximate surface area is 197 Å². The molecule has 4 rings (SSSR count). The number of methoxy groups -OCH3 is 1. The van der Waals surface area contributed by atoms with Gasteiger partial charge >= 0.3 is 0 Å². The van der Waals surface area contributed by atoms with E-state index in [1.165, 1.54) is 44.5 Å². The molecule has 4 N–H and O–H groups in total. The number of hydrogen-bond acceptors (Lipinski definition) is 9. The fourth-order valence-corrected chi connectivity index (χ4v) is 6.78. The molecule has 1 atom stereocenters. The smallest absolute Gasteiger partial charge is 0.274 e. The van der Waals surface area contributed by atoms with Crippen LogP contribution in [0.5, 0.6) is 5.75 Å². The topological polar surface area (TPSA) is 139 Å². The summed E-state index contributed by atoms with van der Waals surface area (Å²) < 4.78 is 45.3. The highest BCUT2D eigenvalue weighted by atomic mass is 32.2. The summed E-state index contributed by atoms with van der Waals surface area (Å²) in [5.74, 6) is -1.08. The van der Waals surface area contributed by atoms with E-state index in [0.717, 1.165) is 0 Å². The van der Waals surface area contributed by atoms with Crippen molar-refractivity contribution in [2.75, 3.05) is 45.0 Å². The number of aromatic nitrogens is 1. The van der Waals surface area contributed by atoms with Gasteiger partial charge < -0.3 is 21.1 Å². The fourth-order valence-electron chi connectivity index (χ4n) is 4.42. The number of carbonyl (C=O) groups is 1. The third-order valence-electron chi connectivity index (χ3n) is 6.25. The van der Waals surface area contributed by atoms with Crippen molar-refractivity contribution in [3.8, 4) is 5.75 Å². The van der Waals surface area contributed by atoms with Gasteiger partial charge in [0.05, 0.1) is 19.1 Å². The number of likely N-dealkylation sites (tertiary alicyclic amines) is 1. The number of hydrogen-bond donors (Lipinski definition) is 3. The zero-order valence-corrected chi connectivity index (χ0v) is 19.9. The lowest BCUT2D eigenvalue weighted by atomic mass is 9.91. The van der Waals surface area contributed by atoms with Gasteiger partial charge in [-0.25, -0.2) is 17.8 Å². The number of nitrogens with one attached hydrogen (secondary N) is 2. The van der Waals surface area contributed by atoms with Gasteiger partial charge in [0.2, 0.25) is 0 Å². The molecular weight excluding hydrogens is 463 g/mol. The molecule has 1 spiro atoms. The average molecular weight is 491 g/mol. The van der Waals surface area contributed by atoms with E-state index in [1.54, 1.807) is 13.1 Å². The van der Waals surface area contributed by atoms with E-state index in [1.807, 2.05) is 4.90 Å². The van der Waals surface area contributed by atoms with Crippen LogP contribution in [0.25, 0.3) is 0 Å². The fraction of sp³-hybridized carbons (Fsp3) is 0.409. The minimum absolute atomic E-state index is 0.0233. The van der Waals surface area contributed by atoms with Crippen molar-refractivity contribution >= 4 is 27.3 Å². The Morgan fingerprint density at radius 3 is 2.62 bits per heavy atom. The van der Waals surface area contributed by atoms with Crippen LogP contribution in [-0.2, 0) is 15.4 Å². The SMILES string of the molecule is CNCN1CC2(C1)C(N)=NC(C)(c1cc(NC(=O)c3ccc(OC)cn3)ccc1F)CS2(=O)=O. The number of sulfone groups is 1. The monoisotopic (exact) mass is 490 g/mol. The Morgan fingerprint density at radius 2 is 2.03 bits per heavy atom. The first-order valence-corrected chi connectivity index (χ1v) is 12.3. The molecule has 3 heterocycles. The first-order valence-electron chi connectivity index (χ1n) is 10.6. The van der Waals surface area contributed by atoms with Crippen molar-refractivity contribution in [2.45, 2.75) is 17.2 Å². The van der Waals surface area contributed by atoms with Crippen LogP contribution in [-0.4, -0.2) is 74.5 Å². The third-order valence-corrected chi connectivity index (χ3v) is 8.85. The minimum Gasteiger partial charge on any atom is -0.495 e. The van der Waals surface area contributed by atoms with E-state index in [4.69, 9.17) is 10.5 Å². The summed E-state index contributed by atoms with van der Waals surface area (Å²) in [5, 5.41) is 5.64. The van der Waals surface area contributed by atoms with Gasteiger partial charge in [0, 0.05) is 31.0 Å². The molecule has 1 fully saturated rings. The zero-order chi connectivity index (χ0) is 24.7. The van der Waals surface area contributed by atoms with Crippen LogP contribution in [0, 0.1) is 5.82 Å². The zero-order valence-electron chi connectivity index (χ0n) is 19.1. The highest BCUT2D eigenvalue weighted by Gasteiger charge is 2.61. The molecule has 10 nitrogen and oxygen atoms in total. The maximum absolute atomic E-state index is 14.9. The lowest BCUT2D eigenvalue weighted by molar-refractivity contribution is 0.102. The number of carbonyl (C=O) groups excluding carboxylic acids is 1. The van der Waals surface area contributed by atoms with Gasteiger partial charge in [0.1, 0.15) is 28.6 Å². The van der Waals surface area contributed by atoms with E-state index >= 15 is 0 Å². The molecule has 0 aliphatic carbocycles. The molecule has 182 valence electrons. The molecule has 1 unspecified atom stereocenters. The van der Waals surface area contributed by atoms with Gasteiger partial charge in [-0.05, 0) is 44.3 Å². The van der Waals surface area contributed by atoms with Crippen molar-refractivity contribution in [3.63, 3.8) is 0 Å². The van der Waals surface area contributed by atoms with Crippen LogP contribution >= 0.6 is 0 Å². The largest absolute Gasteiger partial charge is 0.495 e. The second-order valence-electron chi connectivity index (χ2n) is 8.76. The predicted molar refractivity (Wildman–Crippen MR) is 126 cm³/mol. The number of amidine groups is 1. The molecule has 34 heavy (non-hydrogen) atoms. The number of halogens is 1. The highest BCUT2D eigenvalue weighted by Crippen LogP contribution is 2.42. The van der Waals surface area contributed by atoms with E-state index in [0.29, 0.717) is 12.4 Å². The molecule has 0 saturated carbocycles. The third kappa shape index (κ3) is 4.01. The molecule has 2 aliphatic rings. The Balaban J connectivity index is 1.62. The van der Waals surface area contributed by atoms with Crippen LogP contribution in [0.1, 0.15) is 23.0 Å². The van der Waals surface area contributed by atoms with Crippen LogP contribution in [0.4, 0.5) is 10.1 Å². The van der Waals surface area contributed by atoms with Gasteiger partial charge in [0.25, 0.3) is 5.91 Å². The van der Waals surface area contributed by atoms with Crippen LogP contribution in [0.3, 0.4) is 0 Å². The standard InChI is InChI=1S/C22H27FN6O4S/c1-21(12-34(31,32)22(20(24)28-21)10-29(11-22)13-25-2)16-8-14(4-6-17(16)23)27-19(30)18-7-5-15(33-3)9-26-18/h4-9,25H,10-13H2,1-3H3,(H2,24,28)(H,27,30). The lowest BCUT2D eigenvalue weighted by Gasteiger charge is -2.52. The second-order valence-corrected chi connectivity index (χ2v) is 11.1. The van der Waals surface area contributed by atoms with Gasteiger partial charge in [-0.15, -0.1) is 0 Å². The predicted octanol–water partition coefficient (Wildman–Crippen LogP) is 0.714. The molecule has 1 saturated heterocycles. The summed E-state index contributed by atoms with van der Waals surface area (Å²) in [5.41, 5.74) is 5.20. The molecule has 1 aromatic heterocycles. The van der Waals surface area contributed by atoms with Crippen molar-refractivity contribution in [1.29, 1.82) is 0 Å². The molecular formula is C22H27FN6O4S. The lowest BCUT2D eigenvalue weighted by Crippen LogP contribution is -2.75. The summed E-state index contributed by atoms with van der Waals surface area (Å²) in [7, 11) is -0.485. The number of pyridine rings is 1. The number of benzene rings is 1. The second kappa shape index (κ2) is 8.60. The summed E-state index contributed by atoms with van der Waals surface area (Å²) in [6.45, 7) is 2.52. The van der Waals surface area contributed by atoms with E-state index in [9.17, 15) is 17.6 Å². The van der Waals surface area contributed by atoms with E-state index in [2.05, 4.69) is 20.6 Å². The first-order chi connectivity index (χ1) is 16.0. The number of anilines is 1. The Hall–Kier alpha value is -3.09. The molecule has 1 aromatic carbocycles. The maximum atomic E-state index is 14.9. The number of rotatable bonds is 6. The molecule has 12 heteroatoms. The average Bonchev–Trinajstić information content (AvgIpc) is 2.75. The molecule has 2 aromatic rings. The summed E-state index contributed by atoms with van der Waals surface area (Å²) in [4.78, 5) is 23.0. The van der Waals surface area contributed by atoms with Crippen molar-refractivity contribution in [2.24, 2.45) is 10.7 Å². The highest BCUT2D eigenvalue weighted by molar-refractivity contribution is 7.93. The summed E-state index contributed by atoms with van der Waals surface area (Å²) >= 11 is 0. The Kier molecular flexibility index (Phi) is 6.08. The van der Waals surface area contributed by atoms with Gasteiger partial charge in [-0.2, -0.15) is 0 Å². The number of amides is 1. The molecule has 1 amide bonds. The number of nitrogens with two attached hydrogens (primary N) is 1. The van der Waals surface area contributed by atoms with Gasteiger partial charge in [-0.3, -0.25) is 14.7 Å². The van der Waals surface area contributed by atoms with Crippen LogP contribution in [0.2, 0.25) is 0 Å². The van der Waals surface area contributed by atoms with Crippen molar-refractivity contribution < 1.29 is 22.3 Å². The minimum atomic E-state index is -3.75. The maximum Gasteiger partial charge on any atom is 0.274 e. The number of aliphatic imine (C=N–C) groups is 1. The quantitative estimate of drug-likeness (QED) is 0.538. The van der Waals surface area contributed by atoms with E-state index < -0.39 is 37.6 Å². The van der Waals surface area contributed by atoms with Crippen molar-refractivity contribution in [1.82, 2.24) is 15.2 Å². The van der Waals surface area contributed by atoms with Gasteiger partial charge in [-0.1, -0.05) is 0 Å². The van der Waals surface area contributed by atoms with Crippen molar-refractivity contribution in [3.05, 3.63) is 53.6 Å². The molecule has 0 radical (unpaired) electrons.